The van der Waals surface area contributed by atoms with Gasteiger partial charge in [-0.05, 0) is 41.5 Å². The highest BCUT2D eigenvalue weighted by atomic mass is 32.2. The van der Waals surface area contributed by atoms with Gasteiger partial charge in [-0.1, -0.05) is 36.4 Å². The molecule has 2 aromatic carbocycles. The minimum Gasteiger partial charge on any atom is -0.354 e. The summed E-state index contributed by atoms with van der Waals surface area (Å²) < 4.78 is 24.3. The molecule has 2 aromatic heterocycles. The van der Waals surface area contributed by atoms with E-state index < -0.39 is 9.84 Å². The Morgan fingerprint density at radius 3 is 2.36 bits per heavy atom. The van der Waals surface area contributed by atoms with Crippen LogP contribution in [-0.4, -0.2) is 55.7 Å². The van der Waals surface area contributed by atoms with Gasteiger partial charge in [0.15, 0.2) is 9.84 Å². The van der Waals surface area contributed by atoms with E-state index in [-0.39, 0.29) is 0 Å². The number of pyridine rings is 2. The summed E-state index contributed by atoms with van der Waals surface area (Å²) in [6.45, 7) is 4.02. The topological polar surface area (TPSA) is 66.4 Å². The molecule has 0 atom stereocenters. The summed E-state index contributed by atoms with van der Waals surface area (Å²) in [6, 6.07) is 21.8. The second-order valence-electron chi connectivity index (χ2n) is 8.43. The van der Waals surface area contributed by atoms with Gasteiger partial charge in [-0.2, -0.15) is 0 Å². The van der Waals surface area contributed by atoms with E-state index in [0.29, 0.717) is 11.4 Å². The van der Waals surface area contributed by atoms with Crippen molar-refractivity contribution in [3.63, 3.8) is 0 Å². The highest BCUT2D eigenvalue weighted by Gasteiger charge is 2.21. The first-order chi connectivity index (χ1) is 16.0. The zero-order chi connectivity index (χ0) is 22.8. The number of sulfone groups is 1. The Bertz CT molecular complexity index is 1380. The van der Waals surface area contributed by atoms with Gasteiger partial charge < -0.3 is 4.90 Å². The number of rotatable bonds is 5. The Hall–Kier alpha value is -3.29. The standard InChI is InChI=1S/C26H26N4O2S/c1-33(31,32)24-8-3-2-5-22(24)19-29-15-17-30(18-16-29)25-10-9-21-6-4-7-23(26(21)28-25)20-11-13-27-14-12-20/h2-14H,15-19H2,1H3. The molecule has 0 bridgehead atoms. The minimum absolute atomic E-state index is 0.423. The van der Waals surface area contributed by atoms with Crippen LogP contribution in [0.15, 0.2) is 84.0 Å². The van der Waals surface area contributed by atoms with E-state index in [9.17, 15) is 8.42 Å². The lowest BCUT2D eigenvalue weighted by Crippen LogP contribution is -2.46. The number of hydrogen-bond donors (Lipinski definition) is 0. The van der Waals surface area contributed by atoms with Gasteiger partial charge in [0.05, 0.1) is 10.4 Å². The molecule has 5 rings (SSSR count). The van der Waals surface area contributed by atoms with E-state index in [2.05, 4.69) is 45.1 Å². The number of hydrogen-bond acceptors (Lipinski definition) is 6. The van der Waals surface area contributed by atoms with Gasteiger partial charge in [0.25, 0.3) is 0 Å². The van der Waals surface area contributed by atoms with Crippen molar-refractivity contribution in [1.29, 1.82) is 0 Å². The molecule has 1 aliphatic rings. The Balaban J connectivity index is 1.34. The predicted molar refractivity (Wildman–Crippen MR) is 132 cm³/mol. The molecule has 1 fully saturated rings. The van der Waals surface area contributed by atoms with Crippen LogP contribution in [0.25, 0.3) is 22.0 Å². The van der Waals surface area contributed by atoms with Crippen molar-refractivity contribution >= 4 is 26.6 Å². The van der Waals surface area contributed by atoms with Crippen molar-refractivity contribution in [1.82, 2.24) is 14.9 Å². The molecule has 0 amide bonds. The normalized spacial score (nSPS) is 15.1. The maximum absolute atomic E-state index is 12.1. The molecule has 1 aliphatic heterocycles. The molecule has 3 heterocycles. The van der Waals surface area contributed by atoms with Crippen molar-refractivity contribution < 1.29 is 8.42 Å². The van der Waals surface area contributed by atoms with Crippen LogP contribution in [0.3, 0.4) is 0 Å². The number of nitrogens with zero attached hydrogens (tertiary/aromatic N) is 4. The van der Waals surface area contributed by atoms with Crippen LogP contribution in [0.2, 0.25) is 0 Å². The van der Waals surface area contributed by atoms with Crippen LogP contribution in [-0.2, 0) is 16.4 Å². The van der Waals surface area contributed by atoms with Crippen LogP contribution < -0.4 is 4.90 Å². The largest absolute Gasteiger partial charge is 0.354 e. The summed E-state index contributed by atoms with van der Waals surface area (Å²) in [6.07, 6.45) is 4.88. The monoisotopic (exact) mass is 458 g/mol. The van der Waals surface area contributed by atoms with E-state index >= 15 is 0 Å². The molecule has 0 aliphatic carbocycles. The first kappa shape index (κ1) is 21.6. The zero-order valence-electron chi connectivity index (χ0n) is 18.6. The number of aromatic nitrogens is 2. The third kappa shape index (κ3) is 4.60. The minimum atomic E-state index is -3.24. The van der Waals surface area contributed by atoms with Gasteiger partial charge in [-0.3, -0.25) is 9.88 Å². The summed E-state index contributed by atoms with van der Waals surface area (Å²) in [5, 5.41) is 1.11. The number of benzene rings is 2. The van der Waals surface area contributed by atoms with Crippen molar-refractivity contribution in [2.24, 2.45) is 0 Å². The van der Waals surface area contributed by atoms with Crippen molar-refractivity contribution in [3.05, 3.63) is 84.7 Å². The van der Waals surface area contributed by atoms with Crippen LogP contribution in [0.5, 0.6) is 0 Å². The summed E-state index contributed by atoms with van der Waals surface area (Å²) in [5.74, 6) is 0.972. The van der Waals surface area contributed by atoms with Crippen molar-refractivity contribution in [3.8, 4) is 11.1 Å². The SMILES string of the molecule is CS(=O)(=O)c1ccccc1CN1CCN(c2ccc3cccc(-c4ccncc4)c3n2)CC1. The Morgan fingerprint density at radius 1 is 0.848 bits per heavy atom. The molecule has 1 saturated heterocycles. The van der Waals surface area contributed by atoms with Gasteiger partial charge in [0, 0.05) is 62.3 Å². The Morgan fingerprint density at radius 2 is 1.61 bits per heavy atom. The summed E-state index contributed by atoms with van der Waals surface area (Å²) in [4.78, 5) is 14.2. The molecule has 0 radical (unpaired) electrons. The highest BCUT2D eigenvalue weighted by Crippen LogP contribution is 2.29. The smallest absolute Gasteiger partial charge is 0.175 e. The van der Waals surface area contributed by atoms with Gasteiger partial charge >= 0.3 is 0 Å². The first-order valence-corrected chi connectivity index (χ1v) is 12.9. The van der Waals surface area contributed by atoms with Crippen LogP contribution in [0, 0.1) is 0 Å². The lowest BCUT2D eigenvalue weighted by Gasteiger charge is -2.35. The second kappa shape index (κ2) is 8.92. The molecular formula is C26H26N4O2S. The van der Waals surface area contributed by atoms with Crippen molar-refractivity contribution in [2.75, 3.05) is 37.3 Å². The number of anilines is 1. The van der Waals surface area contributed by atoms with E-state index in [0.717, 1.165) is 59.6 Å². The summed E-state index contributed by atoms with van der Waals surface area (Å²) in [5.41, 5.74) is 4.06. The highest BCUT2D eigenvalue weighted by molar-refractivity contribution is 7.90. The van der Waals surface area contributed by atoms with Gasteiger partial charge in [-0.15, -0.1) is 0 Å². The predicted octanol–water partition coefficient (Wildman–Crippen LogP) is 4.02. The van der Waals surface area contributed by atoms with E-state index in [1.54, 1.807) is 24.5 Å². The molecule has 0 N–H and O–H groups in total. The number of piperazine rings is 1. The average Bonchev–Trinajstić information content (AvgIpc) is 2.84. The summed E-state index contributed by atoms with van der Waals surface area (Å²) >= 11 is 0. The molecule has 0 spiro atoms. The lowest BCUT2D eigenvalue weighted by molar-refractivity contribution is 0.247. The number of fused-ring (bicyclic) bond motifs is 1. The van der Waals surface area contributed by atoms with E-state index in [1.807, 2.05) is 24.3 Å². The fourth-order valence-corrected chi connectivity index (χ4v) is 5.38. The maximum Gasteiger partial charge on any atom is 0.175 e. The Labute approximate surface area is 194 Å². The molecular weight excluding hydrogens is 432 g/mol. The van der Waals surface area contributed by atoms with Crippen LogP contribution in [0.1, 0.15) is 5.56 Å². The zero-order valence-corrected chi connectivity index (χ0v) is 19.4. The van der Waals surface area contributed by atoms with E-state index in [1.165, 1.54) is 6.26 Å². The fourth-order valence-electron chi connectivity index (χ4n) is 4.45. The van der Waals surface area contributed by atoms with Gasteiger partial charge in [0.1, 0.15) is 5.82 Å². The first-order valence-electron chi connectivity index (χ1n) is 11.0. The maximum atomic E-state index is 12.1. The van der Waals surface area contributed by atoms with Gasteiger partial charge in [-0.25, -0.2) is 13.4 Å². The molecule has 0 saturated carbocycles. The molecule has 168 valence electrons. The number of para-hydroxylation sites is 1. The molecule has 33 heavy (non-hydrogen) atoms. The molecule has 4 aromatic rings. The second-order valence-corrected chi connectivity index (χ2v) is 10.4. The van der Waals surface area contributed by atoms with E-state index in [4.69, 9.17) is 4.98 Å². The average molecular weight is 459 g/mol. The third-order valence-electron chi connectivity index (χ3n) is 6.16. The van der Waals surface area contributed by atoms with Gasteiger partial charge in [0.2, 0.25) is 0 Å². The Kier molecular flexibility index (Phi) is 5.83. The quantitative estimate of drug-likeness (QED) is 0.450. The van der Waals surface area contributed by atoms with Crippen LogP contribution in [0.4, 0.5) is 5.82 Å². The third-order valence-corrected chi connectivity index (χ3v) is 7.36. The molecule has 0 unspecified atom stereocenters. The molecule has 6 nitrogen and oxygen atoms in total. The summed E-state index contributed by atoms with van der Waals surface area (Å²) in [7, 11) is -3.24. The van der Waals surface area contributed by atoms with Crippen molar-refractivity contribution in [2.45, 2.75) is 11.4 Å². The van der Waals surface area contributed by atoms with Crippen LogP contribution >= 0.6 is 0 Å². The molecule has 7 heteroatoms. The fraction of sp³-hybridized carbons (Fsp3) is 0.231. The lowest BCUT2D eigenvalue weighted by atomic mass is 10.0.